The van der Waals surface area contributed by atoms with Crippen LogP contribution in [0.5, 0.6) is 11.5 Å². The summed E-state index contributed by atoms with van der Waals surface area (Å²) in [6.45, 7) is 4.64. The second kappa shape index (κ2) is 6.35. The number of piperidine rings is 1. The standard InChI is InChI=1S/C16H22BrNO2/c1-2-12-13(9-11-5-3-4-6-18-11)14(17)10-15-16(12)20-8-7-19-15/h10-11,18H,2-9H2,1H3. The van der Waals surface area contributed by atoms with Crippen molar-refractivity contribution < 1.29 is 9.47 Å². The Balaban J connectivity index is 1.92. The first-order valence-corrected chi connectivity index (χ1v) is 8.42. The Labute approximate surface area is 129 Å². The van der Waals surface area contributed by atoms with Gasteiger partial charge in [0.25, 0.3) is 0 Å². The number of hydrogen-bond acceptors (Lipinski definition) is 3. The highest BCUT2D eigenvalue weighted by molar-refractivity contribution is 9.10. The van der Waals surface area contributed by atoms with Crippen molar-refractivity contribution in [2.24, 2.45) is 0 Å². The molecule has 1 N–H and O–H groups in total. The zero-order valence-electron chi connectivity index (χ0n) is 12.0. The summed E-state index contributed by atoms with van der Waals surface area (Å²) in [5.74, 6) is 1.85. The van der Waals surface area contributed by atoms with Gasteiger partial charge in [0, 0.05) is 16.1 Å². The highest BCUT2D eigenvalue weighted by atomic mass is 79.9. The molecule has 1 atom stereocenters. The molecule has 1 unspecified atom stereocenters. The molecule has 4 heteroatoms. The number of halogens is 1. The number of hydrogen-bond donors (Lipinski definition) is 1. The molecule has 1 saturated heterocycles. The molecule has 0 amide bonds. The van der Waals surface area contributed by atoms with E-state index in [1.807, 2.05) is 0 Å². The summed E-state index contributed by atoms with van der Waals surface area (Å²) >= 11 is 3.73. The van der Waals surface area contributed by atoms with Crippen molar-refractivity contribution in [3.8, 4) is 11.5 Å². The third kappa shape index (κ3) is 2.82. The van der Waals surface area contributed by atoms with Crippen LogP contribution < -0.4 is 14.8 Å². The van der Waals surface area contributed by atoms with Gasteiger partial charge in [0.05, 0.1) is 0 Å². The molecule has 0 bridgehead atoms. The van der Waals surface area contributed by atoms with E-state index < -0.39 is 0 Å². The van der Waals surface area contributed by atoms with Crippen molar-refractivity contribution in [3.63, 3.8) is 0 Å². The van der Waals surface area contributed by atoms with E-state index in [1.165, 1.54) is 30.4 Å². The zero-order valence-corrected chi connectivity index (χ0v) is 13.6. The Hall–Kier alpha value is -0.740. The van der Waals surface area contributed by atoms with Crippen LogP contribution in [0.1, 0.15) is 37.3 Å². The van der Waals surface area contributed by atoms with E-state index in [1.54, 1.807) is 0 Å². The van der Waals surface area contributed by atoms with Gasteiger partial charge in [0.15, 0.2) is 11.5 Å². The van der Waals surface area contributed by atoms with Gasteiger partial charge in [0.2, 0.25) is 0 Å². The van der Waals surface area contributed by atoms with Gasteiger partial charge in [-0.1, -0.05) is 29.3 Å². The molecule has 2 aliphatic heterocycles. The lowest BCUT2D eigenvalue weighted by molar-refractivity contribution is 0.169. The van der Waals surface area contributed by atoms with E-state index in [0.29, 0.717) is 19.3 Å². The monoisotopic (exact) mass is 339 g/mol. The maximum absolute atomic E-state index is 5.86. The number of benzene rings is 1. The average Bonchev–Trinajstić information content (AvgIpc) is 2.49. The number of nitrogens with one attached hydrogen (secondary N) is 1. The first kappa shape index (κ1) is 14.2. The normalized spacial score (nSPS) is 21.8. The lowest BCUT2D eigenvalue weighted by atomic mass is 9.93. The van der Waals surface area contributed by atoms with Crippen LogP contribution in [0.3, 0.4) is 0 Å². The van der Waals surface area contributed by atoms with Crippen molar-refractivity contribution in [1.29, 1.82) is 0 Å². The number of ether oxygens (including phenoxy) is 2. The van der Waals surface area contributed by atoms with E-state index in [4.69, 9.17) is 9.47 Å². The van der Waals surface area contributed by atoms with E-state index in [9.17, 15) is 0 Å². The SMILES string of the molecule is CCc1c(CC2CCCCN2)c(Br)cc2c1OCCO2. The van der Waals surface area contributed by atoms with E-state index in [-0.39, 0.29) is 0 Å². The molecule has 0 spiro atoms. The average molecular weight is 340 g/mol. The fourth-order valence-electron chi connectivity index (χ4n) is 3.20. The van der Waals surface area contributed by atoms with Gasteiger partial charge in [-0.15, -0.1) is 0 Å². The van der Waals surface area contributed by atoms with Gasteiger partial charge in [-0.25, -0.2) is 0 Å². The van der Waals surface area contributed by atoms with Crippen LogP contribution in [-0.2, 0) is 12.8 Å². The summed E-state index contributed by atoms with van der Waals surface area (Å²) in [6, 6.07) is 2.67. The molecule has 0 aromatic heterocycles. The van der Waals surface area contributed by atoms with Crippen LogP contribution in [-0.4, -0.2) is 25.8 Å². The van der Waals surface area contributed by atoms with E-state index >= 15 is 0 Å². The van der Waals surface area contributed by atoms with Crippen LogP contribution in [0.4, 0.5) is 0 Å². The molecule has 20 heavy (non-hydrogen) atoms. The molecule has 1 aromatic carbocycles. The predicted molar refractivity (Wildman–Crippen MR) is 83.9 cm³/mol. The number of rotatable bonds is 3. The first-order chi connectivity index (χ1) is 9.79. The third-order valence-electron chi connectivity index (χ3n) is 4.21. The zero-order chi connectivity index (χ0) is 13.9. The molecule has 2 aliphatic rings. The highest BCUT2D eigenvalue weighted by Crippen LogP contribution is 2.41. The predicted octanol–water partition coefficient (Wildman–Crippen LogP) is 3.47. The van der Waals surface area contributed by atoms with Crippen molar-refractivity contribution >= 4 is 15.9 Å². The lowest BCUT2D eigenvalue weighted by Crippen LogP contribution is -2.36. The molecule has 1 fully saturated rings. The van der Waals surface area contributed by atoms with Gasteiger partial charge in [0.1, 0.15) is 13.2 Å². The second-order valence-corrected chi connectivity index (χ2v) is 6.40. The summed E-state index contributed by atoms with van der Waals surface area (Å²) in [5, 5.41) is 3.63. The van der Waals surface area contributed by atoms with Crippen LogP contribution >= 0.6 is 15.9 Å². The molecule has 1 aromatic rings. The summed E-state index contributed by atoms with van der Waals surface area (Å²) in [4.78, 5) is 0. The molecule has 3 nitrogen and oxygen atoms in total. The van der Waals surface area contributed by atoms with Gasteiger partial charge < -0.3 is 14.8 Å². The fourth-order valence-corrected chi connectivity index (χ4v) is 3.81. The molecule has 3 rings (SSSR count). The second-order valence-electron chi connectivity index (χ2n) is 5.54. The number of fused-ring (bicyclic) bond motifs is 1. The Kier molecular flexibility index (Phi) is 4.51. The minimum Gasteiger partial charge on any atom is -0.486 e. The molecule has 2 heterocycles. The Morgan fingerprint density at radius 3 is 2.85 bits per heavy atom. The molecule has 0 aliphatic carbocycles. The summed E-state index contributed by atoms with van der Waals surface area (Å²) < 4.78 is 12.7. The van der Waals surface area contributed by atoms with Crippen molar-refractivity contribution in [3.05, 3.63) is 21.7 Å². The highest BCUT2D eigenvalue weighted by Gasteiger charge is 2.23. The molecule has 0 radical (unpaired) electrons. The van der Waals surface area contributed by atoms with Gasteiger partial charge in [-0.3, -0.25) is 0 Å². The van der Waals surface area contributed by atoms with Gasteiger partial charge in [-0.2, -0.15) is 0 Å². The third-order valence-corrected chi connectivity index (χ3v) is 4.92. The quantitative estimate of drug-likeness (QED) is 0.914. The van der Waals surface area contributed by atoms with Crippen LogP contribution in [0.2, 0.25) is 0 Å². The maximum atomic E-state index is 5.86. The van der Waals surface area contributed by atoms with Crippen molar-refractivity contribution in [1.82, 2.24) is 5.32 Å². The maximum Gasteiger partial charge on any atom is 0.164 e. The molecular weight excluding hydrogens is 318 g/mol. The topological polar surface area (TPSA) is 30.5 Å². The summed E-state index contributed by atoms with van der Waals surface area (Å²) in [5.41, 5.74) is 2.69. The first-order valence-electron chi connectivity index (χ1n) is 7.62. The van der Waals surface area contributed by atoms with Crippen molar-refractivity contribution in [2.75, 3.05) is 19.8 Å². The van der Waals surface area contributed by atoms with E-state index in [2.05, 4.69) is 34.2 Å². The lowest BCUT2D eigenvalue weighted by Gasteiger charge is -2.28. The largest absolute Gasteiger partial charge is 0.486 e. The minimum atomic E-state index is 0.591. The van der Waals surface area contributed by atoms with E-state index in [0.717, 1.165) is 35.4 Å². The Bertz CT molecular complexity index is 484. The molecule has 0 saturated carbocycles. The minimum absolute atomic E-state index is 0.591. The smallest absolute Gasteiger partial charge is 0.164 e. The van der Waals surface area contributed by atoms with Crippen LogP contribution in [0.15, 0.2) is 10.5 Å². The fraction of sp³-hybridized carbons (Fsp3) is 0.625. The van der Waals surface area contributed by atoms with Gasteiger partial charge >= 0.3 is 0 Å². The summed E-state index contributed by atoms with van der Waals surface area (Å²) in [7, 11) is 0. The van der Waals surface area contributed by atoms with Gasteiger partial charge in [-0.05, 0) is 43.9 Å². The summed E-state index contributed by atoms with van der Waals surface area (Å²) in [6.07, 6.45) is 5.96. The molecule has 110 valence electrons. The van der Waals surface area contributed by atoms with Crippen LogP contribution in [0, 0.1) is 0 Å². The van der Waals surface area contributed by atoms with Crippen LogP contribution in [0.25, 0.3) is 0 Å². The Morgan fingerprint density at radius 2 is 2.10 bits per heavy atom. The Morgan fingerprint density at radius 1 is 1.25 bits per heavy atom. The molecular formula is C16H22BrNO2. The van der Waals surface area contributed by atoms with Crippen molar-refractivity contribution in [2.45, 2.75) is 45.1 Å².